The van der Waals surface area contributed by atoms with E-state index in [1.807, 2.05) is 0 Å². The van der Waals surface area contributed by atoms with Gasteiger partial charge in [-0.2, -0.15) is 0 Å². The van der Waals surface area contributed by atoms with E-state index in [1.165, 1.54) is 12.8 Å². The molecule has 0 saturated heterocycles. The molecule has 1 fully saturated rings. The standard InChI is InChI=1S/C10H12O3/c11-8-5-9(13-10(12)6-8)7-3-1-2-4-7/h5-7,11H,1-4H2. The molecule has 0 radical (unpaired) electrons. The van der Waals surface area contributed by atoms with Crippen LogP contribution in [0.4, 0.5) is 0 Å². The van der Waals surface area contributed by atoms with Gasteiger partial charge in [-0.3, -0.25) is 0 Å². The number of aromatic hydroxyl groups is 1. The molecule has 0 spiro atoms. The summed E-state index contributed by atoms with van der Waals surface area (Å²) in [5.41, 5.74) is -0.457. The fraction of sp³-hybridized carbons (Fsp3) is 0.500. The van der Waals surface area contributed by atoms with Gasteiger partial charge in [0.05, 0.1) is 6.07 Å². The lowest BCUT2D eigenvalue weighted by molar-refractivity contribution is 0.400. The van der Waals surface area contributed by atoms with E-state index in [0.29, 0.717) is 11.7 Å². The smallest absolute Gasteiger partial charge is 0.339 e. The summed E-state index contributed by atoms with van der Waals surface area (Å²) >= 11 is 0. The van der Waals surface area contributed by atoms with E-state index in [9.17, 15) is 9.90 Å². The molecule has 1 aromatic rings. The molecule has 0 unspecified atom stereocenters. The average Bonchev–Trinajstić information content (AvgIpc) is 2.53. The summed E-state index contributed by atoms with van der Waals surface area (Å²) in [6, 6.07) is 2.65. The van der Waals surface area contributed by atoms with Crippen LogP contribution in [-0.4, -0.2) is 5.11 Å². The molecule has 3 heteroatoms. The Labute approximate surface area is 76.0 Å². The van der Waals surface area contributed by atoms with Gasteiger partial charge in [0.25, 0.3) is 0 Å². The van der Waals surface area contributed by atoms with Gasteiger partial charge in [0.1, 0.15) is 11.5 Å². The minimum absolute atomic E-state index is 0.0122. The van der Waals surface area contributed by atoms with E-state index >= 15 is 0 Å². The number of hydrogen-bond acceptors (Lipinski definition) is 3. The van der Waals surface area contributed by atoms with Crippen molar-refractivity contribution in [2.24, 2.45) is 0 Å². The van der Waals surface area contributed by atoms with Gasteiger partial charge in [0.15, 0.2) is 0 Å². The van der Waals surface area contributed by atoms with Crippen molar-refractivity contribution in [2.75, 3.05) is 0 Å². The summed E-state index contributed by atoms with van der Waals surface area (Å²) in [6.45, 7) is 0. The van der Waals surface area contributed by atoms with Crippen LogP contribution in [0.3, 0.4) is 0 Å². The first-order valence-corrected chi connectivity index (χ1v) is 4.60. The van der Waals surface area contributed by atoms with Crippen molar-refractivity contribution in [3.05, 3.63) is 28.3 Å². The van der Waals surface area contributed by atoms with Gasteiger partial charge in [0.2, 0.25) is 0 Å². The minimum Gasteiger partial charge on any atom is -0.508 e. The van der Waals surface area contributed by atoms with Crippen LogP contribution in [0.15, 0.2) is 21.3 Å². The Kier molecular flexibility index (Phi) is 2.08. The zero-order valence-corrected chi connectivity index (χ0v) is 7.32. The second-order valence-electron chi connectivity index (χ2n) is 3.52. The summed E-state index contributed by atoms with van der Waals surface area (Å²) in [6.07, 6.45) is 4.49. The Morgan fingerprint density at radius 1 is 1.31 bits per heavy atom. The molecule has 1 N–H and O–H groups in total. The van der Waals surface area contributed by atoms with Crippen LogP contribution in [0.1, 0.15) is 37.4 Å². The molecule has 1 aliphatic rings. The van der Waals surface area contributed by atoms with Crippen molar-refractivity contribution in [2.45, 2.75) is 31.6 Å². The molecule has 1 aliphatic carbocycles. The second-order valence-corrected chi connectivity index (χ2v) is 3.52. The molecule has 0 bridgehead atoms. The van der Waals surface area contributed by atoms with Gasteiger partial charge in [0, 0.05) is 12.0 Å². The first-order chi connectivity index (χ1) is 6.25. The first kappa shape index (κ1) is 8.35. The van der Waals surface area contributed by atoms with E-state index < -0.39 is 5.63 Å². The van der Waals surface area contributed by atoms with Crippen LogP contribution in [0, 0.1) is 0 Å². The number of rotatable bonds is 1. The van der Waals surface area contributed by atoms with Crippen LogP contribution in [0.5, 0.6) is 5.75 Å². The third-order valence-electron chi connectivity index (χ3n) is 2.53. The lowest BCUT2D eigenvalue weighted by Gasteiger charge is -2.06. The quantitative estimate of drug-likeness (QED) is 0.719. The Morgan fingerprint density at radius 2 is 2.00 bits per heavy atom. The zero-order valence-electron chi connectivity index (χ0n) is 7.32. The largest absolute Gasteiger partial charge is 0.508 e. The highest BCUT2D eigenvalue weighted by Gasteiger charge is 2.19. The molecule has 0 amide bonds. The van der Waals surface area contributed by atoms with E-state index in [2.05, 4.69) is 0 Å². The third kappa shape index (κ3) is 1.74. The van der Waals surface area contributed by atoms with Crippen LogP contribution < -0.4 is 5.63 Å². The van der Waals surface area contributed by atoms with Gasteiger partial charge in [-0.05, 0) is 12.8 Å². The Bertz CT molecular complexity index is 347. The molecule has 70 valence electrons. The third-order valence-corrected chi connectivity index (χ3v) is 2.53. The van der Waals surface area contributed by atoms with Gasteiger partial charge < -0.3 is 9.52 Å². The average molecular weight is 180 g/mol. The van der Waals surface area contributed by atoms with Gasteiger partial charge >= 0.3 is 5.63 Å². The highest BCUT2D eigenvalue weighted by atomic mass is 16.4. The van der Waals surface area contributed by atoms with Crippen molar-refractivity contribution in [3.8, 4) is 5.75 Å². The molecular formula is C10H12O3. The lowest BCUT2D eigenvalue weighted by atomic mass is 10.1. The van der Waals surface area contributed by atoms with Crippen LogP contribution >= 0.6 is 0 Å². The van der Waals surface area contributed by atoms with Crippen molar-refractivity contribution >= 4 is 0 Å². The highest BCUT2D eigenvalue weighted by molar-refractivity contribution is 5.21. The van der Waals surface area contributed by atoms with E-state index in [0.717, 1.165) is 18.9 Å². The number of hydrogen-bond donors (Lipinski definition) is 1. The molecule has 0 atom stereocenters. The molecule has 3 nitrogen and oxygen atoms in total. The molecule has 1 aromatic heterocycles. The van der Waals surface area contributed by atoms with E-state index in [4.69, 9.17) is 4.42 Å². The molecular weight excluding hydrogens is 168 g/mol. The minimum atomic E-state index is -0.457. The first-order valence-electron chi connectivity index (χ1n) is 4.60. The lowest BCUT2D eigenvalue weighted by Crippen LogP contribution is -2.01. The van der Waals surface area contributed by atoms with Crippen molar-refractivity contribution in [1.82, 2.24) is 0 Å². The van der Waals surface area contributed by atoms with E-state index in [-0.39, 0.29) is 5.75 Å². The Balaban J connectivity index is 2.33. The molecule has 1 saturated carbocycles. The molecule has 13 heavy (non-hydrogen) atoms. The fourth-order valence-corrected chi connectivity index (χ4v) is 1.89. The maximum atomic E-state index is 10.9. The summed E-state index contributed by atoms with van der Waals surface area (Å²) in [5.74, 6) is 0.987. The summed E-state index contributed by atoms with van der Waals surface area (Å²) in [7, 11) is 0. The maximum absolute atomic E-state index is 10.9. The van der Waals surface area contributed by atoms with Crippen LogP contribution in [-0.2, 0) is 0 Å². The fourth-order valence-electron chi connectivity index (χ4n) is 1.89. The topological polar surface area (TPSA) is 50.4 Å². The van der Waals surface area contributed by atoms with Crippen molar-refractivity contribution in [1.29, 1.82) is 0 Å². The summed E-state index contributed by atoms with van der Waals surface area (Å²) in [5, 5.41) is 9.19. The Morgan fingerprint density at radius 3 is 2.62 bits per heavy atom. The van der Waals surface area contributed by atoms with Crippen molar-refractivity contribution < 1.29 is 9.52 Å². The summed E-state index contributed by atoms with van der Waals surface area (Å²) < 4.78 is 5.03. The highest BCUT2D eigenvalue weighted by Crippen LogP contribution is 2.34. The van der Waals surface area contributed by atoms with Crippen LogP contribution in [0.2, 0.25) is 0 Å². The molecule has 2 rings (SSSR count). The predicted molar refractivity (Wildman–Crippen MR) is 47.9 cm³/mol. The molecule has 1 heterocycles. The van der Waals surface area contributed by atoms with Gasteiger partial charge in [-0.1, -0.05) is 12.8 Å². The van der Waals surface area contributed by atoms with E-state index in [1.54, 1.807) is 6.07 Å². The monoisotopic (exact) mass is 180 g/mol. The van der Waals surface area contributed by atoms with Crippen molar-refractivity contribution in [3.63, 3.8) is 0 Å². The predicted octanol–water partition coefficient (Wildman–Crippen LogP) is 2.00. The molecule has 0 aromatic carbocycles. The van der Waals surface area contributed by atoms with Gasteiger partial charge in [-0.15, -0.1) is 0 Å². The normalized spacial score (nSPS) is 17.8. The SMILES string of the molecule is O=c1cc(O)cc(C2CCCC2)o1. The zero-order chi connectivity index (χ0) is 9.26. The Hall–Kier alpha value is -1.25. The van der Waals surface area contributed by atoms with Crippen LogP contribution in [0.25, 0.3) is 0 Å². The summed E-state index contributed by atoms with van der Waals surface area (Å²) in [4.78, 5) is 10.9. The maximum Gasteiger partial charge on any atom is 0.339 e. The second kappa shape index (κ2) is 3.24. The molecule has 0 aliphatic heterocycles. The van der Waals surface area contributed by atoms with Gasteiger partial charge in [-0.25, -0.2) is 4.79 Å².